The Balaban J connectivity index is 1.66. The fraction of sp³-hybridized carbons (Fsp3) is 0.158. The summed E-state index contributed by atoms with van der Waals surface area (Å²) in [6, 6.07) is 14.1. The van der Waals surface area contributed by atoms with Crippen molar-refractivity contribution >= 4 is 43.2 Å². The van der Waals surface area contributed by atoms with Crippen LogP contribution in [-0.4, -0.2) is 29.9 Å². The fourth-order valence-electron chi connectivity index (χ4n) is 2.50. The maximum Gasteiger partial charge on any atom is 0.258 e. The number of nitrogens with one attached hydrogen (secondary N) is 2. The van der Waals surface area contributed by atoms with E-state index >= 15 is 0 Å². The molecule has 1 heterocycles. The maximum absolute atomic E-state index is 12.4. The topological polar surface area (TPSA) is 93.1 Å². The van der Waals surface area contributed by atoms with Gasteiger partial charge in [0.05, 0.1) is 23.2 Å². The van der Waals surface area contributed by atoms with E-state index < -0.39 is 10.0 Å². The molecule has 0 spiro atoms. The van der Waals surface area contributed by atoms with Crippen LogP contribution in [0.25, 0.3) is 5.69 Å². The number of hydrogen-bond donors (Lipinski definition) is 2. The van der Waals surface area contributed by atoms with E-state index in [2.05, 4.69) is 31.1 Å². The van der Waals surface area contributed by atoms with Crippen molar-refractivity contribution in [3.63, 3.8) is 0 Å². The zero-order chi connectivity index (χ0) is 20.1. The predicted molar refractivity (Wildman–Crippen MR) is 113 cm³/mol. The highest BCUT2D eigenvalue weighted by Crippen LogP contribution is 2.17. The van der Waals surface area contributed by atoms with Gasteiger partial charge in [-0.2, -0.15) is 5.10 Å². The molecule has 0 aliphatic carbocycles. The molecule has 146 valence electrons. The zero-order valence-corrected chi connectivity index (χ0v) is 17.5. The summed E-state index contributed by atoms with van der Waals surface area (Å²) in [4.78, 5) is 12.4. The lowest BCUT2D eigenvalue weighted by molar-refractivity contribution is 0.102. The normalized spacial score (nSPS) is 11.2. The zero-order valence-electron chi connectivity index (χ0n) is 15.1. The van der Waals surface area contributed by atoms with Crippen molar-refractivity contribution in [1.29, 1.82) is 0 Å². The molecule has 28 heavy (non-hydrogen) atoms. The molecule has 0 atom stereocenters. The third-order valence-electron chi connectivity index (χ3n) is 3.82. The van der Waals surface area contributed by atoms with Crippen LogP contribution >= 0.6 is 15.9 Å². The van der Waals surface area contributed by atoms with Crippen LogP contribution in [0.3, 0.4) is 0 Å². The van der Waals surface area contributed by atoms with Crippen LogP contribution in [-0.2, 0) is 10.0 Å². The van der Waals surface area contributed by atoms with E-state index in [1.165, 1.54) is 6.20 Å². The van der Waals surface area contributed by atoms with Crippen LogP contribution in [0.2, 0.25) is 0 Å². The quantitative estimate of drug-likeness (QED) is 0.553. The lowest BCUT2D eigenvalue weighted by Crippen LogP contribution is -2.16. The Bertz CT molecular complexity index is 1060. The van der Waals surface area contributed by atoms with E-state index in [9.17, 15) is 13.2 Å². The molecule has 2 N–H and O–H groups in total. The third kappa shape index (κ3) is 5.20. The highest BCUT2D eigenvalue weighted by atomic mass is 79.9. The van der Waals surface area contributed by atoms with Crippen molar-refractivity contribution in [3.05, 3.63) is 71.0 Å². The average molecular weight is 463 g/mol. The average Bonchev–Trinajstić information content (AvgIpc) is 3.14. The van der Waals surface area contributed by atoms with Crippen molar-refractivity contribution in [1.82, 2.24) is 9.78 Å². The molecule has 1 amide bonds. The minimum atomic E-state index is -3.34. The molecule has 0 fully saturated rings. The smallest absolute Gasteiger partial charge is 0.258 e. The lowest BCUT2D eigenvalue weighted by Gasteiger charge is -2.08. The van der Waals surface area contributed by atoms with Crippen LogP contribution in [0.1, 0.15) is 23.7 Å². The molecule has 2 aromatic carbocycles. The molecular formula is C19H19BrN4O3S. The summed E-state index contributed by atoms with van der Waals surface area (Å²) in [5.74, 6) is -0.240. The van der Waals surface area contributed by atoms with Crippen LogP contribution in [0.4, 0.5) is 11.4 Å². The Morgan fingerprint density at radius 3 is 2.36 bits per heavy atom. The van der Waals surface area contributed by atoms with Gasteiger partial charge < -0.3 is 5.32 Å². The van der Waals surface area contributed by atoms with Crippen molar-refractivity contribution in [2.75, 3.05) is 15.8 Å². The standard InChI is InChI=1S/C19H19BrN4O3S/c1-2-11-28(26,27)23-17-7-5-16(6-8-17)22-19(25)14-12-21-24(13-14)18-9-3-15(20)4-10-18/h3-10,12-13,23H,2,11H2,1H3,(H,22,25). The number of halogens is 1. The van der Waals surface area contributed by atoms with E-state index in [-0.39, 0.29) is 11.7 Å². The van der Waals surface area contributed by atoms with E-state index in [4.69, 9.17) is 0 Å². The molecule has 0 aliphatic rings. The SMILES string of the molecule is CCCS(=O)(=O)Nc1ccc(NC(=O)c2cnn(-c3ccc(Br)cc3)c2)cc1. The van der Waals surface area contributed by atoms with Gasteiger partial charge in [0.25, 0.3) is 5.91 Å². The molecule has 9 heteroatoms. The molecule has 7 nitrogen and oxygen atoms in total. The van der Waals surface area contributed by atoms with Crippen LogP contribution < -0.4 is 10.0 Å². The first-order valence-corrected chi connectivity index (χ1v) is 11.0. The summed E-state index contributed by atoms with van der Waals surface area (Å²) in [5, 5.41) is 6.98. The number of nitrogens with zero attached hydrogens (tertiary/aromatic N) is 2. The number of rotatable bonds is 7. The molecule has 0 saturated heterocycles. The monoisotopic (exact) mass is 462 g/mol. The van der Waals surface area contributed by atoms with Crippen molar-refractivity contribution in [3.8, 4) is 5.69 Å². The molecule has 3 rings (SSSR count). The number of carbonyl (C=O) groups excluding carboxylic acids is 1. The second-order valence-corrected chi connectivity index (χ2v) is 8.86. The van der Waals surface area contributed by atoms with Gasteiger partial charge in [-0.1, -0.05) is 22.9 Å². The highest BCUT2D eigenvalue weighted by Gasteiger charge is 2.11. The fourth-order valence-corrected chi connectivity index (χ4v) is 3.90. The lowest BCUT2D eigenvalue weighted by atomic mass is 10.2. The first-order chi connectivity index (χ1) is 13.4. The Kier molecular flexibility index (Phi) is 6.15. The van der Waals surface area contributed by atoms with E-state index in [0.717, 1.165) is 10.2 Å². The second kappa shape index (κ2) is 8.57. The molecule has 0 aliphatic heterocycles. The van der Waals surface area contributed by atoms with Gasteiger partial charge in [-0.25, -0.2) is 13.1 Å². The molecule has 0 bridgehead atoms. The summed E-state index contributed by atoms with van der Waals surface area (Å²) >= 11 is 3.38. The number of anilines is 2. The molecular weight excluding hydrogens is 444 g/mol. The first kappa shape index (κ1) is 20.1. The summed E-state index contributed by atoms with van der Waals surface area (Å²) in [6.45, 7) is 1.80. The van der Waals surface area contributed by atoms with Gasteiger partial charge in [0.2, 0.25) is 10.0 Å². The van der Waals surface area contributed by atoms with Crippen LogP contribution in [0.15, 0.2) is 65.4 Å². The predicted octanol–water partition coefficient (Wildman–Crippen LogP) is 4.04. The Morgan fingerprint density at radius 2 is 1.71 bits per heavy atom. The van der Waals surface area contributed by atoms with E-state index in [1.807, 2.05) is 24.3 Å². The number of hydrogen-bond acceptors (Lipinski definition) is 4. The number of aromatic nitrogens is 2. The highest BCUT2D eigenvalue weighted by molar-refractivity contribution is 9.10. The Hall–Kier alpha value is -2.65. The van der Waals surface area contributed by atoms with Crippen molar-refractivity contribution < 1.29 is 13.2 Å². The molecule has 0 radical (unpaired) electrons. The summed E-state index contributed by atoms with van der Waals surface area (Å²) in [6.07, 6.45) is 3.67. The number of carbonyl (C=O) groups is 1. The van der Waals surface area contributed by atoms with Gasteiger partial charge in [-0.05, 0) is 55.0 Å². The van der Waals surface area contributed by atoms with E-state index in [1.54, 1.807) is 42.1 Å². The van der Waals surface area contributed by atoms with Gasteiger partial charge in [-0.15, -0.1) is 0 Å². The molecule has 0 saturated carbocycles. The number of sulfonamides is 1. The van der Waals surface area contributed by atoms with Gasteiger partial charge in [-0.3, -0.25) is 9.52 Å². The third-order valence-corrected chi connectivity index (χ3v) is 5.85. The number of amides is 1. The van der Waals surface area contributed by atoms with Gasteiger partial charge in [0.1, 0.15) is 0 Å². The maximum atomic E-state index is 12.4. The summed E-state index contributed by atoms with van der Waals surface area (Å²) in [7, 11) is -3.34. The largest absolute Gasteiger partial charge is 0.322 e. The van der Waals surface area contributed by atoms with Gasteiger partial charge in [0, 0.05) is 22.0 Å². The van der Waals surface area contributed by atoms with Gasteiger partial charge >= 0.3 is 0 Å². The minimum absolute atomic E-state index is 0.0633. The van der Waals surface area contributed by atoms with Gasteiger partial charge in [0.15, 0.2) is 0 Å². The first-order valence-electron chi connectivity index (χ1n) is 8.59. The summed E-state index contributed by atoms with van der Waals surface area (Å²) < 4.78 is 28.7. The van der Waals surface area contributed by atoms with Crippen molar-refractivity contribution in [2.24, 2.45) is 0 Å². The number of benzene rings is 2. The Morgan fingerprint density at radius 1 is 1.07 bits per heavy atom. The second-order valence-electron chi connectivity index (χ2n) is 6.10. The minimum Gasteiger partial charge on any atom is -0.322 e. The molecule has 1 aromatic heterocycles. The Labute approximate surface area is 172 Å². The van der Waals surface area contributed by atoms with Crippen molar-refractivity contribution in [2.45, 2.75) is 13.3 Å². The molecule has 3 aromatic rings. The summed E-state index contributed by atoms with van der Waals surface area (Å²) in [5.41, 5.74) is 2.26. The molecule has 0 unspecified atom stereocenters. The van der Waals surface area contributed by atoms with Crippen LogP contribution in [0.5, 0.6) is 0 Å². The van der Waals surface area contributed by atoms with Crippen LogP contribution in [0, 0.1) is 0 Å². The van der Waals surface area contributed by atoms with E-state index in [0.29, 0.717) is 23.4 Å².